The number of nitrogens with one attached hydrogen (secondary N) is 1. The molecule has 0 spiro atoms. The first-order valence-electron chi connectivity index (χ1n) is 6.83. The molecule has 0 aliphatic rings. The number of carbonyl (C=O) groups is 1. The topological polar surface area (TPSA) is 72.5 Å². The SMILES string of the molecule is COc1ccc(S(=O)(=O)CCNC(=O)c2ccccc2Br)cc1. The van der Waals surface area contributed by atoms with Crippen LogP contribution in [0, 0.1) is 0 Å². The molecule has 0 atom stereocenters. The molecule has 0 saturated heterocycles. The molecule has 0 fully saturated rings. The lowest BCUT2D eigenvalue weighted by Gasteiger charge is -2.08. The van der Waals surface area contributed by atoms with Gasteiger partial charge in [0.15, 0.2) is 9.84 Å². The van der Waals surface area contributed by atoms with Gasteiger partial charge in [0.1, 0.15) is 5.75 Å². The molecule has 2 aromatic carbocycles. The minimum Gasteiger partial charge on any atom is -0.497 e. The van der Waals surface area contributed by atoms with Gasteiger partial charge in [-0.2, -0.15) is 0 Å². The molecular formula is C16H16BrNO4S. The Labute approximate surface area is 143 Å². The summed E-state index contributed by atoms with van der Waals surface area (Å²) in [7, 11) is -1.94. The number of rotatable bonds is 6. The van der Waals surface area contributed by atoms with E-state index >= 15 is 0 Å². The second kappa shape index (κ2) is 7.61. The average molecular weight is 398 g/mol. The molecule has 1 N–H and O–H groups in total. The third-order valence-electron chi connectivity index (χ3n) is 3.19. The van der Waals surface area contributed by atoms with Crippen LogP contribution in [0.5, 0.6) is 5.75 Å². The zero-order chi connectivity index (χ0) is 16.9. The molecule has 7 heteroatoms. The van der Waals surface area contributed by atoms with Crippen LogP contribution in [0.15, 0.2) is 57.9 Å². The maximum absolute atomic E-state index is 12.2. The number of benzene rings is 2. The highest BCUT2D eigenvalue weighted by atomic mass is 79.9. The Kier molecular flexibility index (Phi) is 5.79. The zero-order valence-corrected chi connectivity index (χ0v) is 14.9. The number of methoxy groups -OCH3 is 1. The van der Waals surface area contributed by atoms with Gasteiger partial charge in [0.2, 0.25) is 0 Å². The fourth-order valence-corrected chi connectivity index (χ4v) is 3.56. The number of amides is 1. The van der Waals surface area contributed by atoms with Crippen LogP contribution in [0.3, 0.4) is 0 Å². The Morgan fingerprint density at radius 1 is 1.13 bits per heavy atom. The summed E-state index contributed by atoms with van der Waals surface area (Å²) in [5.41, 5.74) is 0.467. The van der Waals surface area contributed by atoms with Crippen molar-refractivity contribution in [3.05, 3.63) is 58.6 Å². The van der Waals surface area contributed by atoms with Gasteiger partial charge in [-0.15, -0.1) is 0 Å². The highest BCUT2D eigenvalue weighted by Gasteiger charge is 2.15. The molecule has 0 unspecified atom stereocenters. The summed E-state index contributed by atoms with van der Waals surface area (Å²) in [6.45, 7) is 0.0362. The van der Waals surface area contributed by atoms with Crippen molar-refractivity contribution < 1.29 is 17.9 Å². The third-order valence-corrected chi connectivity index (χ3v) is 5.62. The minimum absolute atomic E-state index is 0.0362. The summed E-state index contributed by atoms with van der Waals surface area (Å²) in [6, 6.07) is 13.1. The lowest BCUT2D eigenvalue weighted by atomic mass is 10.2. The molecule has 0 saturated carbocycles. The van der Waals surface area contributed by atoms with Gasteiger partial charge in [0.25, 0.3) is 5.91 Å². The van der Waals surface area contributed by atoms with Gasteiger partial charge in [-0.1, -0.05) is 12.1 Å². The molecule has 0 heterocycles. The molecule has 122 valence electrons. The molecule has 23 heavy (non-hydrogen) atoms. The summed E-state index contributed by atoms with van der Waals surface area (Å²) >= 11 is 3.29. The average Bonchev–Trinajstić information content (AvgIpc) is 2.55. The second-order valence-electron chi connectivity index (χ2n) is 4.73. The van der Waals surface area contributed by atoms with E-state index in [2.05, 4.69) is 21.2 Å². The fraction of sp³-hybridized carbons (Fsp3) is 0.188. The van der Waals surface area contributed by atoms with Gasteiger partial charge >= 0.3 is 0 Å². The minimum atomic E-state index is -3.46. The molecule has 0 aliphatic carbocycles. The van der Waals surface area contributed by atoms with Crippen molar-refractivity contribution in [2.45, 2.75) is 4.90 Å². The molecule has 5 nitrogen and oxygen atoms in total. The quantitative estimate of drug-likeness (QED) is 0.812. The predicted molar refractivity (Wildman–Crippen MR) is 91.5 cm³/mol. The number of sulfone groups is 1. The van der Waals surface area contributed by atoms with Gasteiger partial charge in [-0.05, 0) is 52.3 Å². The van der Waals surface area contributed by atoms with E-state index < -0.39 is 9.84 Å². The standard InChI is InChI=1S/C16H16BrNO4S/c1-22-12-6-8-13(9-7-12)23(20,21)11-10-18-16(19)14-4-2-3-5-15(14)17/h2-9H,10-11H2,1H3,(H,18,19). The predicted octanol–water partition coefficient (Wildman–Crippen LogP) is 2.66. The summed E-state index contributed by atoms with van der Waals surface area (Å²) in [5.74, 6) is 0.101. The molecule has 2 rings (SSSR count). The van der Waals surface area contributed by atoms with Crippen molar-refractivity contribution in [3.63, 3.8) is 0 Å². The van der Waals surface area contributed by atoms with E-state index in [-0.39, 0.29) is 23.1 Å². The van der Waals surface area contributed by atoms with Crippen molar-refractivity contribution in [3.8, 4) is 5.75 Å². The second-order valence-corrected chi connectivity index (χ2v) is 7.69. The Hall–Kier alpha value is -1.86. The normalized spacial score (nSPS) is 11.0. The van der Waals surface area contributed by atoms with E-state index in [1.54, 1.807) is 36.4 Å². The van der Waals surface area contributed by atoms with Crippen molar-refractivity contribution in [1.29, 1.82) is 0 Å². The van der Waals surface area contributed by atoms with Gasteiger partial charge in [0.05, 0.1) is 23.3 Å². The highest BCUT2D eigenvalue weighted by Crippen LogP contribution is 2.17. The van der Waals surface area contributed by atoms with Crippen LogP contribution < -0.4 is 10.1 Å². The highest BCUT2D eigenvalue weighted by molar-refractivity contribution is 9.10. The lowest BCUT2D eigenvalue weighted by molar-refractivity contribution is 0.0955. The number of carbonyl (C=O) groups excluding carboxylic acids is 1. The van der Waals surface area contributed by atoms with E-state index in [0.717, 1.165) is 0 Å². The summed E-state index contributed by atoms with van der Waals surface area (Å²) < 4.78 is 30.1. The number of hydrogen-bond donors (Lipinski definition) is 1. The van der Waals surface area contributed by atoms with Crippen molar-refractivity contribution in [2.24, 2.45) is 0 Å². The molecule has 0 aliphatic heterocycles. The summed E-state index contributed by atoms with van der Waals surface area (Å²) in [4.78, 5) is 12.2. The molecule has 2 aromatic rings. The van der Waals surface area contributed by atoms with Crippen LogP contribution in [-0.4, -0.2) is 33.7 Å². The van der Waals surface area contributed by atoms with E-state index in [1.807, 2.05) is 0 Å². The van der Waals surface area contributed by atoms with Crippen LogP contribution in [0.4, 0.5) is 0 Å². The van der Waals surface area contributed by atoms with Crippen LogP contribution in [0.1, 0.15) is 10.4 Å². The molecule has 0 aromatic heterocycles. The van der Waals surface area contributed by atoms with Gasteiger partial charge < -0.3 is 10.1 Å². The Morgan fingerprint density at radius 3 is 2.39 bits per heavy atom. The van der Waals surface area contributed by atoms with E-state index in [9.17, 15) is 13.2 Å². The van der Waals surface area contributed by atoms with Crippen molar-refractivity contribution >= 4 is 31.7 Å². The van der Waals surface area contributed by atoms with Crippen LogP contribution in [-0.2, 0) is 9.84 Å². The van der Waals surface area contributed by atoms with Crippen LogP contribution >= 0.6 is 15.9 Å². The maximum atomic E-state index is 12.2. The van der Waals surface area contributed by atoms with Gasteiger partial charge in [-0.3, -0.25) is 4.79 Å². The molecule has 0 bridgehead atoms. The van der Waals surface area contributed by atoms with Gasteiger partial charge in [-0.25, -0.2) is 8.42 Å². The maximum Gasteiger partial charge on any atom is 0.252 e. The first kappa shape index (κ1) is 17.5. The number of hydrogen-bond acceptors (Lipinski definition) is 4. The largest absolute Gasteiger partial charge is 0.497 e. The zero-order valence-electron chi connectivity index (χ0n) is 12.5. The monoisotopic (exact) mass is 397 g/mol. The van der Waals surface area contributed by atoms with Crippen LogP contribution in [0.25, 0.3) is 0 Å². The lowest BCUT2D eigenvalue weighted by Crippen LogP contribution is -2.29. The van der Waals surface area contributed by atoms with Crippen molar-refractivity contribution in [1.82, 2.24) is 5.32 Å². The van der Waals surface area contributed by atoms with E-state index in [1.165, 1.54) is 19.2 Å². The summed E-state index contributed by atoms with van der Waals surface area (Å²) in [6.07, 6.45) is 0. The van der Waals surface area contributed by atoms with Crippen molar-refractivity contribution in [2.75, 3.05) is 19.4 Å². The number of halogens is 1. The number of ether oxygens (including phenoxy) is 1. The third kappa shape index (κ3) is 4.56. The fourth-order valence-electron chi connectivity index (χ4n) is 1.94. The van der Waals surface area contributed by atoms with Crippen LogP contribution in [0.2, 0.25) is 0 Å². The summed E-state index contributed by atoms with van der Waals surface area (Å²) in [5, 5.41) is 2.62. The van der Waals surface area contributed by atoms with E-state index in [0.29, 0.717) is 15.8 Å². The Bertz CT molecular complexity index is 788. The van der Waals surface area contributed by atoms with E-state index in [4.69, 9.17) is 4.74 Å². The Balaban J connectivity index is 1.97. The Morgan fingerprint density at radius 2 is 1.78 bits per heavy atom. The molecular weight excluding hydrogens is 382 g/mol. The first-order chi connectivity index (χ1) is 10.9. The molecule has 0 radical (unpaired) electrons. The smallest absolute Gasteiger partial charge is 0.252 e. The first-order valence-corrected chi connectivity index (χ1v) is 9.28. The van der Waals surface area contributed by atoms with Gasteiger partial charge in [0, 0.05) is 11.0 Å². The molecule has 1 amide bonds.